The lowest BCUT2D eigenvalue weighted by molar-refractivity contribution is -0.131. The molecule has 80 valence electrons. The van der Waals surface area contributed by atoms with Crippen molar-refractivity contribution in [3.05, 3.63) is 40.7 Å². The smallest absolute Gasteiger partial charge is 0.328 e. The van der Waals surface area contributed by atoms with Crippen molar-refractivity contribution in [1.29, 1.82) is 5.26 Å². The molecule has 1 aromatic carbocycles. The van der Waals surface area contributed by atoms with Crippen molar-refractivity contribution >= 4 is 18.3 Å². The molecule has 0 aliphatic rings. The molecule has 0 radical (unpaired) electrons. The molecule has 0 aliphatic heterocycles. The van der Waals surface area contributed by atoms with Gasteiger partial charge in [-0.25, -0.2) is 9.18 Å². The average Bonchev–Trinajstić information content (AvgIpc) is 2.25. The molecule has 0 fully saturated rings. The zero-order chi connectivity index (χ0) is 12.1. The van der Waals surface area contributed by atoms with Gasteiger partial charge in [0.1, 0.15) is 11.9 Å². The number of carbonyl (C=O) groups is 2. The van der Waals surface area contributed by atoms with Crippen molar-refractivity contribution in [1.82, 2.24) is 0 Å². The van der Waals surface area contributed by atoms with Crippen molar-refractivity contribution in [2.24, 2.45) is 0 Å². The molecule has 0 saturated heterocycles. The Morgan fingerprint density at radius 3 is 2.56 bits per heavy atom. The Hall–Kier alpha value is -2.48. The molecule has 0 saturated carbocycles. The molecule has 1 aromatic rings. The number of carbonyl (C=O) groups excluding carboxylic acids is 1. The third-order valence-electron chi connectivity index (χ3n) is 1.81. The van der Waals surface area contributed by atoms with E-state index in [2.05, 4.69) is 0 Å². The number of aldehydes is 1. The van der Waals surface area contributed by atoms with Gasteiger partial charge in [-0.2, -0.15) is 5.26 Å². The molecule has 0 aliphatic carbocycles. The number of hydrogen-bond donors (Lipinski definition) is 1. The molecule has 0 bridgehead atoms. The normalized spacial score (nSPS) is 10.0. The fraction of sp³-hybridized carbons (Fsp3) is 0. The van der Waals surface area contributed by atoms with Gasteiger partial charge in [0, 0.05) is 11.6 Å². The molecule has 0 amide bonds. The lowest BCUT2D eigenvalue weighted by atomic mass is 10.0. The van der Waals surface area contributed by atoms with Crippen LogP contribution in [0.5, 0.6) is 0 Å². The van der Waals surface area contributed by atoms with Crippen LogP contribution in [0.3, 0.4) is 0 Å². The highest BCUT2D eigenvalue weighted by Gasteiger charge is 2.08. The minimum Gasteiger partial charge on any atom is -0.478 e. The quantitative estimate of drug-likeness (QED) is 0.618. The zero-order valence-electron chi connectivity index (χ0n) is 7.98. The van der Waals surface area contributed by atoms with Gasteiger partial charge in [0.05, 0.1) is 5.56 Å². The predicted molar refractivity (Wildman–Crippen MR) is 53.2 cm³/mol. The van der Waals surface area contributed by atoms with Crippen LogP contribution in [0.25, 0.3) is 6.08 Å². The summed E-state index contributed by atoms with van der Waals surface area (Å²) < 4.78 is 13.0. The van der Waals surface area contributed by atoms with Crippen molar-refractivity contribution in [2.75, 3.05) is 0 Å². The van der Waals surface area contributed by atoms with E-state index in [4.69, 9.17) is 10.4 Å². The Morgan fingerprint density at radius 2 is 2.06 bits per heavy atom. The number of benzene rings is 1. The van der Waals surface area contributed by atoms with Gasteiger partial charge in [0.15, 0.2) is 6.29 Å². The van der Waals surface area contributed by atoms with Gasteiger partial charge in [0.2, 0.25) is 0 Å². The third-order valence-corrected chi connectivity index (χ3v) is 1.81. The summed E-state index contributed by atoms with van der Waals surface area (Å²) in [5, 5.41) is 17.2. The van der Waals surface area contributed by atoms with Crippen LogP contribution < -0.4 is 0 Å². The van der Waals surface area contributed by atoms with Crippen molar-refractivity contribution < 1.29 is 19.1 Å². The summed E-state index contributed by atoms with van der Waals surface area (Å²) in [4.78, 5) is 20.8. The summed E-state index contributed by atoms with van der Waals surface area (Å²) in [5.41, 5.74) is -0.0894. The largest absolute Gasteiger partial charge is 0.478 e. The zero-order valence-corrected chi connectivity index (χ0v) is 7.98. The van der Waals surface area contributed by atoms with Gasteiger partial charge in [0.25, 0.3) is 0 Å². The van der Waals surface area contributed by atoms with Crippen LogP contribution in [0.1, 0.15) is 21.5 Å². The minimum atomic E-state index is -1.22. The maximum Gasteiger partial charge on any atom is 0.328 e. The second-order valence-corrected chi connectivity index (χ2v) is 2.86. The number of rotatable bonds is 3. The standard InChI is InChI=1S/C11H6FNO3/c12-9-3-7(1-2-11(15)16)10(5-13)8(4-9)6-14/h1-4,6H,(H,15,16)/b2-1+. The van der Waals surface area contributed by atoms with E-state index in [-0.39, 0.29) is 16.7 Å². The van der Waals surface area contributed by atoms with Crippen LogP contribution in [0.15, 0.2) is 18.2 Å². The Bertz CT molecular complexity index is 515. The summed E-state index contributed by atoms with van der Waals surface area (Å²) in [6.45, 7) is 0. The molecule has 4 nitrogen and oxygen atoms in total. The first-order chi connectivity index (χ1) is 7.58. The highest BCUT2D eigenvalue weighted by molar-refractivity contribution is 5.88. The number of carboxylic acids is 1. The van der Waals surface area contributed by atoms with Gasteiger partial charge in [-0.15, -0.1) is 0 Å². The molecule has 1 rings (SSSR count). The molecule has 0 atom stereocenters. The monoisotopic (exact) mass is 219 g/mol. The van der Waals surface area contributed by atoms with Gasteiger partial charge in [-0.1, -0.05) is 0 Å². The van der Waals surface area contributed by atoms with Gasteiger partial charge < -0.3 is 5.11 Å². The van der Waals surface area contributed by atoms with E-state index in [1.54, 1.807) is 6.07 Å². The molecule has 0 heterocycles. The van der Waals surface area contributed by atoms with Gasteiger partial charge in [-0.05, 0) is 23.8 Å². The molecule has 5 heteroatoms. The van der Waals surface area contributed by atoms with Gasteiger partial charge >= 0.3 is 5.97 Å². The van der Waals surface area contributed by atoms with Crippen LogP contribution in [0, 0.1) is 17.1 Å². The maximum absolute atomic E-state index is 13.0. The topological polar surface area (TPSA) is 78.2 Å². The van der Waals surface area contributed by atoms with Crippen LogP contribution >= 0.6 is 0 Å². The van der Waals surface area contributed by atoms with Crippen LogP contribution in [0.4, 0.5) is 4.39 Å². The van der Waals surface area contributed by atoms with E-state index in [9.17, 15) is 14.0 Å². The number of halogens is 1. The second kappa shape index (κ2) is 4.84. The van der Waals surface area contributed by atoms with E-state index in [1.165, 1.54) is 0 Å². The Balaban J connectivity index is 3.38. The minimum absolute atomic E-state index is 0.0473. The second-order valence-electron chi connectivity index (χ2n) is 2.86. The van der Waals surface area contributed by atoms with E-state index < -0.39 is 11.8 Å². The first-order valence-electron chi connectivity index (χ1n) is 4.18. The van der Waals surface area contributed by atoms with E-state index in [0.717, 1.165) is 24.3 Å². The first-order valence-corrected chi connectivity index (χ1v) is 4.18. The SMILES string of the molecule is N#Cc1c(C=O)cc(F)cc1/C=C/C(=O)O. The summed E-state index contributed by atoms with van der Waals surface area (Å²) >= 11 is 0. The van der Waals surface area contributed by atoms with Crippen molar-refractivity contribution in [2.45, 2.75) is 0 Å². The summed E-state index contributed by atoms with van der Waals surface area (Å²) in [6, 6.07) is 3.64. The Morgan fingerprint density at radius 1 is 1.44 bits per heavy atom. The highest BCUT2D eigenvalue weighted by Crippen LogP contribution is 2.16. The lowest BCUT2D eigenvalue weighted by Crippen LogP contribution is -1.95. The number of carboxylic acid groups (broad SMARTS) is 1. The number of nitriles is 1. The average molecular weight is 219 g/mol. The third kappa shape index (κ3) is 2.51. The predicted octanol–water partition coefficient (Wildman–Crippen LogP) is 1.61. The highest BCUT2D eigenvalue weighted by atomic mass is 19.1. The molecule has 16 heavy (non-hydrogen) atoms. The van der Waals surface area contributed by atoms with Crippen LogP contribution in [-0.4, -0.2) is 17.4 Å². The van der Waals surface area contributed by atoms with E-state index in [1.807, 2.05) is 0 Å². The van der Waals surface area contributed by atoms with E-state index >= 15 is 0 Å². The molecule has 0 aromatic heterocycles. The molecule has 0 unspecified atom stereocenters. The number of hydrogen-bond acceptors (Lipinski definition) is 3. The van der Waals surface area contributed by atoms with Crippen LogP contribution in [0.2, 0.25) is 0 Å². The maximum atomic E-state index is 13.0. The van der Waals surface area contributed by atoms with Crippen LogP contribution in [-0.2, 0) is 4.79 Å². The molecule has 1 N–H and O–H groups in total. The summed E-state index contributed by atoms with van der Waals surface area (Å²) in [5.74, 6) is -1.92. The summed E-state index contributed by atoms with van der Waals surface area (Å²) in [7, 11) is 0. The van der Waals surface area contributed by atoms with Gasteiger partial charge in [-0.3, -0.25) is 4.79 Å². The molecular weight excluding hydrogens is 213 g/mol. The Kier molecular flexibility index (Phi) is 3.51. The fourth-order valence-corrected chi connectivity index (χ4v) is 1.16. The van der Waals surface area contributed by atoms with Crippen molar-refractivity contribution in [3.63, 3.8) is 0 Å². The Labute approximate surface area is 90.2 Å². The van der Waals surface area contributed by atoms with E-state index in [0.29, 0.717) is 6.29 Å². The lowest BCUT2D eigenvalue weighted by Gasteiger charge is -2.01. The fourth-order valence-electron chi connectivity index (χ4n) is 1.16. The molecule has 0 spiro atoms. The number of nitrogens with zero attached hydrogens (tertiary/aromatic N) is 1. The molecular formula is C11H6FNO3. The summed E-state index contributed by atoms with van der Waals surface area (Å²) in [6.07, 6.45) is 2.18. The first kappa shape index (κ1) is 11.6. The number of aliphatic carboxylic acids is 1. The van der Waals surface area contributed by atoms with Crippen molar-refractivity contribution in [3.8, 4) is 6.07 Å².